The highest BCUT2D eigenvalue weighted by atomic mass is 16.2. The number of rotatable bonds is 4. The van der Waals surface area contributed by atoms with E-state index < -0.39 is 0 Å². The zero-order chi connectivity index (χ0) is 10.7. The standard InChI is InChI=1S/C12H22N2O/c1-2-3-4-5-12(15)14-8-10-6-7-13-11(10)9-14/h10-11,13H,2-9H2,1H3. The van der Waals surface area contributed by atoms with Crippen molar-refractivity contribution in [1.82, 2.24) is 10.2 Å². The van der Waals surface area contributed by atoms with Crippen molar-refractivity contribution < 1.29 is 4.79 Å². The molecule has 2 atom stereocenters. The zero-order valence-electron chi connectivity index (χ0n) is 9.67. The van der Waals surface area contributed by atoms with Crippen molar-refractivity contribution in [2.45, 2.75) is 45.1 Å². The summed E-state index contributed by atoms with van der Waals surface area (Å²) < 4.78 is 0. The van der Waals surface area contributed by atoms with E-state index in [0.717, 1.165) is 38.4 Å². The van der Waals surface area contributed by atoms with Crippen LogP contribution in [-0.2, 0) is 4.79 Å². The second-order valence-corrected chi connectivity index (χ2v) is 4.87. The van der Waals surface area contributed by atoms with Gasteiger partial charge in [0.05, 0.1) is 0 Å². The topological polar surface area (TPSA) is 32.3 Å². The molecule has 15 heavy (non-hydrogen) atoms. The first-order valence-electron chi connectivity index (χ1n) is 6.32. The molecular weight excluding hydrogens is 188 g/mol. The summed E-state index contributed by atoms with van der Waals surface area (Å²) in [5, 5.41) is 3.48. The fourth-order valence-corrected chi connectivity index (χ4v) is 2.74. The van der Waals surface area contributed by atoms with E-state index in [4.69, 9.17) is 0 Å². The Labute approximate surface area is 92.2 Å². The Hall–Kier alpha value is -0.570. The van der Waals surface area contributed by atoms with Crippen molar-refractivity contribution in [1.29, 1.82) is 0 Å². The minimum Gasteiger partial charge on any atom is -0.341 e. The molecule has 0 radical (unpaired) electrons. The predicted octanol–water partition coefficient (Wildman–Crippen LogP) is 1.39. The number of carbonyl (C=O) groups is 1. The van der Waals surface area contributed by atoms with Crippen molar-refractivity contribution in [2.24, 2.45) is 5.92 Å². The minimum absolute atomic E-state index is 0.375. The van der Waals surface area contributed by atoms with Crippen LogP contribution in [0.25, 0.3) is 0 Å². The molecule has 0 aliphatic carbocycles. The maximum absolute atomic E-state index is 11.8. The van der Waals surface area contributed by atoms with Gasteiger partial charge in [0.25, 0.3) is 0 Å². The fraction of sp³-hybridized carbons (Fsp3) is 0.917. The third-order valence-electron chi connectivity index (χ3n) is 3.71. The second kappa shape index (κ2) is 4.97. The van der Waals surface area contributed by atoms with Gasteiger partial charge in [0.1, 0.15) is 0 Å². The molecule has 2 fully saturated rings. The Morgan fingerprint density at radius 1 is 1.40 bits per heavy atom. The molecule has 2 aliphatic rings. The van der Waals surface area contributed by atoms with Gasteiger partial charge in [-0.05, 0) is 25.3 Å². The Morgan fingerprint density at radius 2 is 2.27 bits per heavy atom. The molecule has 0 aromatic carbocycles. The summed E-state index contributed by atoms with van der Waals surface area (Å²) in [6.07, 6.45) is 5.45. The first-order valence-corrected chi connectivity index (χ1v) is 6.32. The Balaban J connectivity index is 1.73. The molecule has 3 heteroatoms. The van der Waals surface area contributed by atoms with Gasteiger partial charge in [-0.3, -0.25) is 4.79 Å². The number of carbonyl (C=O) groups excluding carboxylic acids is 1. The van der Waals surface area contributed by atoms with Crippen LogP contribution in [0.1, 0.15) is 39.0 Å². The molecule has 3 nitrogen and oxygen atoms in total. The Morgan fingerprint density at radius 3 is 3.00 bits per heavy atom. The van der Waals surface area contributed by atoms with Gasteiger partial charge in [0.2, 0.25) is 5.91 Å². The van der Waals surface area contributed by atoms with E-state index in [1.54, 1.807) is 0 Å². The monoisotopic (exact) mass is 210 g/mol. The number of hydrogen-bond acceptors (Lipinski definition) is 2. The van der Waals surface area contributed by atoms with Gasteiger partial charge in [-0.15, -0.1) is 0 Å². The molecular formula is C12H22N2O. The third-order valence-corrected chi connectivity index (χ3v) is 3.71. The first-order chi connectivity index (χ1) is 7.31. The molecule has 2 unspecified atom stereocenters. The van der Waals surface area contributed by atoms with Crippen molar-refractivity contribution >= 4 is 5.91 Å². The number of likely N-dealkylation sites (tertiary alicyclic amines) is 1. The van der Waals surface area contributed by atoms with E-state index in [-0.39, 0.29) is 0 Å². The number of unbranched alkanes of at least 4 members (excludes halogenated alkanes) is 2. The van der Waals surface area contributed by atoms with Crippen LogP contribution in [0, 0.1) is 5.92 Å². The van der Waals surface area contributed by atoms with E-state index in [2.05, 4.69) is 17.1 Å². The lowest BCUT2D eigenvalue weighted by Crippen LogP contribution is -2.33. The molecule has 0 spiro atoms. The molecule has 0 aromatic heterocycles. The van der Waals surface area contributed by atoms with Gasteiger partial charge < -0.3 is 10.2 Å². The number of hydrogen-bond donors (Lipinski definition) is 1. The van der Waals surface area contributed by atoms with Crippen LogP contribution in [0.15, 0.2) is 0 Å². The van der Waals surface area contributed by atoms with Crippen LogP contribution in [0.4, 0.5) is 0 Å². The molecule has 2 heterocycles. The summed E-state index contributed by atoms with van der Waals surface area (Å²) in [5.74, 6) is 1.11. The van der Waals surface area contributed by atoms with Crippen LogP contribution >= 0.6 is 0 Å². The smallest absolute Gasteiger partial charge is 0.222 e. The summed E-state index contributed by atoms with van der Waals surface area (Å²) in [6.45, 7) is 5.28. The molecule has 0 aromatic rings. The van der Waals surface area contributed by atoms with Gasteiger partial charge in [-0.1, -0.05) is 19.8 Å². The van der Waals surface area contributed by atoms with E-state index in [1.165, 1.54) is 19.3 Å². The summed E-state index contributed by atoms with van der Waals surface area (Å²) >= 11 is 0. The van der Waals surface area contributed by atoms with Crippen LogP contribution < -0.4 is 5.32 Å². The molecule has 86 valence electrons. The van der Waals surface area contributed by atoms with Crippen LogP contribution in [-0.4, -0.2) is 36.5 Å². The van der Waals surface area contributed by atoms with Crippen LogP contribution in [0.5, 0.6) is 0 Å². The Bertz CT molecular complexity index is 218. The number of fused-ring (bicyclic) bond motifs is 1. The van der Waals surface area contributed by atoms with Gasteiger partial charge in [-0.25, -0.2) is 0 Å². The summed E-state index contributed by atoms with van der Waals surface area (Å²) in [4.78, 5) is 13.9. The average molecular weight is 210 g/mol. The highest BCUT2D eigenvalue weighted by Crippen LogP contribution is 2.25. The van der Waals surface area contributed by atoms with E-state index in [1.807, 2.05) is 0 Å². The summed E-state index contributed by atoms with van der Waals surface area (Å²) in [7, 11) is 0. The molecule has 2 aliphatic heterocycles. The number of nitrogens with zero attached hydrogens (tertiary/aromatic N) is 1. The minimum atomic E-state index is 0.375. The molecule has 2 saturated heterocycles. The van der Waals surface area contributed by atoms with Crippen LogP contribution in [0.2, 0.25) is 0 Å². The lowest BCUT2D eigenvalue weighted by molar-refractivity contribution is -0.130. The lowest BCUT2D eigenvalue weighted by Gasteiger charge is -2.17. The predicted molar refractivity (Wildman–Crippen MR) is 60.6 cm³/mol. The normalized spacial score (nSPS) is 29.5. The number of amides is 1. The first kappa shape index (κ1) is 10.9. The SMILES string of the molecule is CCCCCC(=O)N1CC2CCNC2C1. The van der Waals surface area contributed by atoms with Gasteiger partial charge >= 0.3 is 0 Å². The molecule has 2 rings (SSSR count). The molecule has 1 N–H and O–H groups in total. The van der Waals surface area contributed by atoms with E-state index >= 15 is 0 Å². The lowest BCUT2D eigenvalue weighted by atomic mass is 10.1. The van der Waals surface area contributed by atoms with Crippen molar-refractivity contribution in [2.75, 3.05) is 19.6 Å². The van der Waals surface area contributed by atoms with Crippen LogP contribution in [0.3, 0.4) is 0 Å². The zero-order valence-corrected chi connectivity index (χ0v) is 9.67. The van der Waals surface area contributed by atoms with E-state index in [0.29, 0.717) is 11.9 Å². The van der Waals surface area contributed by atoms with Crippen molar-refractivity contribution in [3.05, 3.63) is 0 Å². The third kappa shape index (κ3) is 2.51. The molecule has 0 bridgehead atoms. The maximum atomic E-state index is 11.8. The largest absolute Gasteiger partial charge is 0.341 e. The number of nitrogens with one attached hydrogen (secondary N) is 1. The molecule has 0 saturated carbocycles. The fourth-order valence-electron chi connectivity index (χ4n) is 2.74. The van der Waals surface area contributed by atoms with Crippen molar-refractivity contribution in [3.63, 3.8) is 0 Å². The molecule has 1 amide bonds. The quantitative estimate of drug-likeness (QED) is 0.711. The maximum Gasteiger partial charge on any atom is 0.222 e. The highest BCUT2D eigenvalue weighted by Gasteiger charge is 2.37. The van der Waals surface area contributed by atoms with Gasteiger partial charge in [-0.2, -0.15) is 0 Å². The van der Waals surface area contributed by atoms with Gasteiger partial charge in [0.15, 0.2) is 0 Å². The second-order valence-electron chi connectivity index (χ2n) is 4.87. The van der Waals surface area contributed by atoms with Crippen molar-refractivity contribution in [3.8, 4) is 0 Å². The summed E-state index contributed by atoms with van der Waals surface area (Å²) in [5.41, 5.74) is 0. The van der Waals surface area contributed by atoms with E-state index in [9.17, 15) is 4.79 Å². The summed E-state index contributed by atoms with van der Waals surface area (Å²) in [6, 6.07) is 0.597. The van der Waals surface area contributed by atoms with Gasteiger partial charge in [0, 0.05) is 25.6 Å². The average Bonchev–Trinajstić information content (AvgIpc) is 2.76. The Kier molecular flexibility index (Phi) is 3.62. The highest BCUT2D eigenvalue weighted by molar-refractivity contribution is 5.76.